The molecule has 1 saturated heterocycles. The van der Waals surface area contributed by atoms with Gasteiger partial charge < -0.3 is 10.0 Å². The van der Waals surface area contributed by atoms with Crippen molar-refractivity contribution in [1.29, 1.82) is 0 Å². The second-order valence-electron chi connectivity index (χ2n) is 12.0. The van der Waals surface area contributed by atoms with Gasteiger partial charge in [-0.2, -0.15) is 0 Å². The number of carboxylic acid groups (broad SMARTS) is 1. The summed E-state index contributed by atoms with van der Waals surface area (Å²) in [5, 5.41) is 10.9. The van der Waals surface area contributed by atoms with Gasteiger partial charge in [0, 0.05) is 22.0 Å². The summed E-state index contributed by atoms with van der Waals surface area (Å²) in [4.78, 5) is 28.1. The van der Waals surface area contributed by atoms with E-state index in [9.17, 15) is 23.1 Å². The molecular weight excluding hydrogens is 545 g/mol. The van der Waals surface area contributed by atoms with E-state index in [4.69, 9.17) is 23.2 Å². The lowest BCUT2D eigenvalue weighted by Gasteiger charge is -2.52. The Labute approximate surface area is 235 Å². The summed E-state index contributed by atoms with van der Waals surface area (Å²) in [5.74, 6) is -1.85. The smallest absolute Gasteiger partial charge is 0.304 e. The number of benzene rings is 2. The van der Waals surface area contributed by atoms with E-state index >= 15 is 0 Å². The third-order valence-electron chi connectivity index (χ3n) is 7.98. The number of piperidine rings is 1. The average Bonchev–Trinajstić information content (AvgIpc) is 3.64. The maximum Gasteiger partial charge on any atom is 0.304 e. The molecule has 0 unspecified atom stereocenters. The molecule has 2 aromatic rings. The van der Waals surface area contributed by atoms with Gasteiger partial charge in [-0.05, 0) is 81.3 Å². The molecule has 2 aliphatic rings. The van der Waals surface area contributed by atoms with Crippen LogP contribution >= 0.6 is 23.2 Å². The van der Waals surface area contributed by atoms with Crippen LogP contribution in [0.15, 0.2) is 48.5 Å². The van der Waals surface area contributed by atoms with Crippen molar-refractivity contribution in [3.63, 3.8) is 0 Å². The second kappa shape index (κ2) is 10.5. The number of aliphatic carboxylic acids is 1. The topological polar surface area (TPSA) is 91.8 Å². The molecule has 9 heteroatoms. The first-order chi connectivity index (χ1) is 17.6. The molecule has 0 aromatic heterocycles. The van der Waals surface area contributed by atoms with E-state index in [0.717, 1.165) is 24.0 Å². The molecule has 1 heterocycles. The normalized spacial score (nSPS) is 25.3. The number of carboxylic acids is 1. The van der Waals surface area contributed by atoms with Crippen LogP contribution in [0.2, 0.25) is 10.0 Å². The largest absolute Gasteiger partial charge is 0.481 e. The molecule has 0 spiro atoms. The SMILES string of the molecule is CC(C)(C)S(=O)(=O)C[C@H](C1CC1)N1C(=O)[C@@](C)(CC(=O)O)C[C@H](c2cccc(Cl)c2)[C@H]1c1ccc(Cl)cc1. The van der Waals surface area contributed by atoms with Gasteiger partial charge >= 0.3 is 5.97 Å². The van der Waals surface area contributed by atoms with Gasteiger partial charge in [0.15, 0.2) is 9.84 Å². The first-order valence-electron chi connectivity index (χ1n) is 12.9. The van der Waals surface area contributed by atoms with Gasteiger partial charge in [0.1, 0.15) is 0 Å². The maximum absolute atomic E-state index is 14.4. The van der Waals surface area contributed by atoms with Gasteiger partial charge in [0.05, 0.1) is 28.4 Å². The zero-order valence-electron chi connectivity index (χ0n) is 22.2. The summed E-state index contributed by atoms with van der Waals surface area (Å²) in [5.41, 5.74) is 0.476. The Morgan fingerprint density at radius 2 is 1.71 bits per heavy atom. The minimum absolute atomic E-state index is 0.0260. The number of hydrogen-bond acceptors (Lipinski definition) is 4. The van der Waals surface area contributed by atoms with Crippen molar-refractivity contribution in [2.24, 2.45) is 11.3 Å². The lowest BCUT2D eigenvalue weighted by Crippen LogP contribution is -2.58. The van der Waals surface area contributed by atoms with Gasteiger partial charge in [-0.1, -0.05) is 54.4 Å². The van der Waals surface area contributed by atoms with Crippen LogP contribution in [0, 0.1) is 11.3 Å². The Bertz CT molecular complexity index is 1320. The lowest BCUT2D eigenvalue weighted by atomic mass is 9.67. The third-order valence-corrected chi connectivity index (χ3v) is 11.1. The Hall–Kier alpha value is -2.09. The minimum Gasteiger partial charge on any atom is -0.481 e. The number of amides is 1. The van der Waals surface area contributed by atoms with Crippen LogP contribution in [-0.4, -0.2) is 46.8 Å². The monoisotopic (exact) mass is 579 g/mol. The van der Waals surface area contributed by atoms with Gasteiger partial charge in [-0.25, -0.2) is 8.42 Å². The molecule has 1 aliphatic heterocycles. The molecule has 4 rings (SSSR count). The van der Waals surface area contributed by atoms with Crippen molar-refractivity contribution in [2.45, 2.75) is 76.1 Å². The van der Waals surface area contributed by atoms with Crippen LogP contribution in [0.1, 0.15) is 76.5 Å². The quantitative estimate of drug-likeness (QED) is 0.384. The van der Waals surface area contributed by atoms with Crippen LogP contribution in [0.25, 0.3) is 0 Å². The van der Waals surface area contributed by atoms with Crippen LogP contribution in [-0.2, 0) is 19.4 Å². The molecule has 206 valence electrons. The third kappa shape index (κ3) is 5.90. The minimum atomic E-state index is -3.59. The summed E-state index contributed by atoms with van der Waals surface area (Å²) in [6.45, 7) is 6.70. The van der Waals surface area contributed by atoms with E-state index < -0.39 is 38.1 Å². The predicted octanol–water partition coefficient (Wildman–Crippen LogP) is 6.52. The molecule has 1 saturated carbocycles. The summed E-state index contributed by atoms with van der Waals surface area (Å²) >= 11 is 12.6. The van der Waals surface area contributed by atoms with Gasteiger partial charge in [0.2, 0.25) is 5.91 Å². The highest BCUT2D eigenvalue weighted by Gasteiger charge is 2.55. The highest BCUT2D eigenvalue weighted by molar-refractivity contribution is 7.92. The summed E-state index contributed by atoms with van der Waals surface area (Å²) in [6, 6.07) is 13.6. The van der Waals surface area contributed by atoms with Crippen molar-refractivity contribution < 1.29 is 23.1 Å². The van der Waals surface area contributed by atoms with Crippen molar-refractivity contribution in [1.82, 2.24) is 4.90 Å². The fourth-order valence-electron chi connectivity index (χ4n) is 5.64. The number of carbonyl (C=O) groups is 2. The first kappa shape index (κ1) is 28.9. The summed E-state index contributed by atoms with van der Waals surface area (Å²) in [6.07, 6.45) is 1.57. The molecular formula is C29H35Cl2NO5S. The fraction of sp³-hybridized carbons (Fsp3) is 0.517. The average molecular weight is 581 g/mol. The fourth-order valence-corrected chi connectivity index (χ4v) is 7.35. The number of likely N-dealkylation sites (tertiary alicyclic amines) is 1. The number of sulfone groups is 1. The van der Waals surface area contributed by atoms with E-state index in [1.54, 1.807) is 50.8 Å². The Morgan fingerprint density at radius 3 is 2.24 bits per heavy atom. The van der Waals surface area contributed by atoms with Crippen LogP contribution in [0.3, 0.4) is 0 Å². The highest BCUT2D eigenvalue weighted by Crippen LogP contribution is 2.54. The summed E-state index contributed by atoms with van der Waals surface area (Å²) < 4.78 is 26.0. The molecule has 38 heavy (non-hydrogen) atoms. The molecule has 6 nitrogen and oxygen atoms in total. The van der Waals surface area contributed by atoms with Crippen molar-refractivity contribution in [2.75, 3.05) is 5.75 Å². The van der Waals surface area contributed by atoms with E-state index in [1.807, 2.05) is 30.3 Å². The van der Waals surface area contributed by atoms with Crippen molar-refractivity contribution in [3.05, 3.63) is 69.7 Å². The van der Waals surface area contributed by atoms with Crippen molar-refractivity contribution in [3.8, 4) is 0 Å². The Morgan fingerprint density at radius 1 is 1.08 bits per heavy atom. The molecule has 2 fully saturated rings. The van der Waals surface area contributed by atoms with Crippen molar-refractivity contribution >= 4 is 44.9 Å². The second-order valence-corrected chi connectivity index (χ2v) is 15.7. The lowest BCUT2D eigenvalue weighted by molar-refractivity contribution is -0.160. The Balaban J connectivity index is 1.94. The van der Waals surface area contributed by atoms with Crippen LogP contribution < -0.4 is 0 Å². The first-order valence-corrected chi connectivity index (χ1v) is 15.3. The molecule has 0 bridgehead atoms. The van der Waals surface area contributed by atoms with Crippen LogP contribution in [0.5, 0.6) is 0 Å². The zero-order valence-corrected chi connectivity index (χ0v) is 24.5. The van der Waals surface area contributed by atoms with E-state index in [2.05, 4.69) is 0 Å². The number of nitrogens with zero attached hydrogens (tertiary/aromatic N) is 1. The summed E-state index contributed by atoms with van der Waals surface area (Å²) in [7, 11) is -3.59. The maximum atomic E-state index is 14.4. The van der Waals surface area contributed by atoms with E-state index in [0.29, 0.717) is 10.0 Å². The molecule has 0 radical (unpaired) electrons. The van der Waals surface area contributed by atoms with E-state index in [1.165, 1.54) is 0 Å². The molecule has 1 N–H and O–H groups in total. The van der Waals surface area contributed by atoms with Gasteiger partial charge in [0.25, 0.3) is 0 Å². The zero-order chi connectivity index (χ0) is 28.0. The standard InChI is InChI=1S/C29H35Cl2NO5S/c1-28(2,3)38(36,37)17-24(18-8-9-18)32-26(19-10-12-21(30)13-11-19)23(20-6-5-7-22(31)14-20)15-29(4,27(32)35)16-25(33)34/h5-7,10-14,18,23-24,26H,8-9,15-17H2,1-4H3,(H,33,34)/t23-,24-,26-,29-/m1/s1. The number of halogens is 2. The number of carbonyl (C=O) groups excluding carboxylic acids is 1. The molecule has 1 amide bonds. The predicted molar refractivity (Wildman–Crippen MR) is 150 cm³/mol. The Kier molecular flexibility index (Phi) is 7.97. The van der Waals surface area contributed by atoms with Gasteiger partial charge in [-0.15, -0.1) is 0 Å². The van der Waals surface area contributed by atoms with Gasteiger partial charge in [-0.3, -0.25) is 9.59 Å². The number of rotatable bonds is 8. The molecule has 2 aromatic carbocycles. The molecule has 1 aliphatic carbocycles. The number of hydrogen-bond donors (Lipinski definition) is 1. The van der Waals surface area contributed by atoms with E-state index in [-0.39, 0.29) is 36.3 Å². The molecule has 4 atom stereocenters. The van der Waals surface area contributed by atoms with Crippen LogP contribution in [0.4, 0.5) is 0 Å². The highest BCUT2D eigenvalue weighted by atomic mass is 35.5.